The van der Waals surface area contributed by atoms with E-state index >= 15 is 0 Å². The maximum atomic E-state index is 12.8. The monoisotopic (exact) mass is 336 g/mol. The molecule has 1 fully saturated rings. The number of likely N-dealkylation sites (tertiary alicyclic amines) is 1. The molecule has 25 heavy (non-hydrogen) atoms. The zero-order valence-corrected chi connectivity index (χ0v) is 14.1. The topological polar surface area (TPSA) is 64.2 Å². The highest BCUT2D eigenvalue weighted by Crippen LogP contribution is 2.24. The van der Waals surface area contributed by atoms with Crippen molar-refractivity contribution in [1.82, 2.24) is 19.8 Å². The average molecular weight is 336 g/mol. The van der Waals surface area contributed by atoms with Crippen LogP contribution in [-0.4, -0.2) is 38.8 Å². The van der Waals surface area contributed by atoms with Gasteiger partial charge in [-0.15, -0.1) is 0 Å². The summed E-state index contributed by atoms with van der Waals surface area (Å²) in [5.41, 5.74) is 2.40. The van der Waals surface area contributed by atoms with Gasteiger partial charge in [-0.25, -0.2) is 0 Å². The highest BCUT2D eigenvalue weighted by atomic mass is 16.5. The van der Waals surface area contributed by atoms with Crippen molar-refractivity contribution in [1.29, 1.82) is 0 Å². The van der Waals surface area contributed by atoms with Crippen LogP contribution in [0.5, 0.6) is 0 Å². The number of aryl methyl sites for hydroxylation is 1. The largest absolute Gasteiger partial charge is 0.355 e. The predicted octanol–water partition coefficient (Wildman–Crippen LogP) is 3.32. The van der Waals surface area contributed by atoms with Crippen molar-refractivity contribution >= 4 is 5.91 Å². The highest BCUT2D eigenvalue weighted by Gasteiger charge is 2.27. The summed E-state index contributed by atoms with van der Waals surface area (Å²) in [6.07, 6.45) is 5.87. The second kappa shape index (κ2) is 6.55. The molecular weight excluding hydrogens is 316 g/mol. The van der Waals surface area contributed by atoms with Crippen LogP contribution < -0.4 is 0 Å². The van der Waals surface area contributed by atoms with Crippen molar-refractivity contribution in [3.05, 3.63) is 60.0 Å². The Morgan fingerprint density at radius 2 is 2.12 bits per heavy atom. The molecule has 0 bridgehead atoms. The molecule has 128 valence electrons. The Hall–Kier alpha value is -2.89. The molecule has 3 heterocycles. The van der Waals surface area contributed by atoms with Crippen molar-refractivity contribution in [3.8, 4) is 11.3 Å². The molecule has 3 aromatic rings. The molecule has 4 rings (SSSR count). The van der Waals surface area contributed by atoms with Crippen molar-refractivity contribution in [2.75, 3.05) is 13.1 Å². The van der Waals surface area contributed by atoms with Crippen LogP contribution in [0.25, 0.3) is 11.3 Å². The number of rotatable bonds is 3. The summed E-state index contributed by atoms with van der Waals surface area (Å²) in [5.74, 6) is 0.528. The Morgan fingerprint density at radius 1 is 1.28 bits per heavy atom. The van der Waals surface area contributed by atoms with Crippen LogP contribution in [0.3, 0.4) is 0 Å². The number of nitrogens with zero attached hydrogens (tertiary/aromatic N) is 4. The number of hydrogen-bond acceptors (Lipinski definition) is 4. The molecule has 1 saturated heterocycles. The normalized spacial score (nSPS) is 17.6. The van der Waals surface area contributed by atoms with E-state index < -0.39 is 0 Å². The van der Waals surface area contributed by atoms with Gasteiger partial charge in [0.15, 0.2) is 11.5 Å². The van der Waals surface area contributed by atoms with Crippen molar-refractivity contribution in [3.63, 3.8) is 0 Å². The van der Waals surface area contributed by atoms with E-state index in [1.54, 1.807) is 6.07 Å². The Morgan fingerprint density at radius 3 is 2.88 bits per heavy atom. The summed E-state index contributed by atoms with van der Waals surface area (Å²) >= 11 is 0. The average Bonchev–Trinajstić information content (AvgIpc) is 3.31. The summed E-state index contributed by atoms with van der Waals surface area (Å²) in [4.78, 5) is 14.6. The van der Waals surface area contributed by atoms with Crippen molar-refractivity contribution in [2.45, 2.75) is 25.8 Å². The molecule has 0 aliphatic carbocycles. The molecule has 2 aromatic heterocycles. The summed E-state index contributed by atoms with van der Waals surface area (Å²) in [5, 5.41) is 8.38. The van der Waals surface area contributed by atoms with Crippen molar-refractivity contribution < 1.29 is 9.32 Å². The molecule has 0 saturated carbocycles. The van der Waals surface area contributed by atoms with Gasteiger partial charge in [0, 0.05) is 30.9 Å². The van der Waals surface area contributed by atoms with E-state index in [-0.39, 0.29) is 11.9 Å². The first kappa shape index (κ1) is 15.6. The Balaban J connectivity index is 1.50. The van der Waals surface area contributed by atoms with Crippen LogP contribution in [-0.2, 0) is 0 Å². The first-order valence-electron chi connectivity index (χ1n) is 8.53. The van der Waals surface area contributed by atoms with Crippen molar-refractivity contribution in [2.24, 2.45) is 0 Å². The lowest BCUT2D eigenvalue weighted by Crippen LogP contribution is -2.41. The van der Waals surface area contributed by atoms with E-state index in [9.17, 15) is 4.79 Å². The van der Waals surface area contributed by atoms with Crippen LogP contribution >= 0.6 is 0 Å². The Bertz CT molecular complexity index is 868. The SMILES string of the molecule is Cc1cnn(C2CCCN(C(=O)c3cc(-c4ccccc4)on3)C2)c1. The van der Waals surface area contributed by atoms with E-state index in [0.717, 1.165) is 30.5 Å². The number of carbonyl (C=O) groups is 1. The minimum atomic E-state index is -0.0838. The highest BCUT2D eigenvalue weighted by molar-refractivity contribution is 5.93. The molecule has 6 nitrogen and oxygen atoms in total. The fraction of sp³-hybridized carbons (Fsp3) is 0.316. The molecule has 1 atom stereocenters. The van der Waals surface area contributed by atoms with Gasteiger partial charge in [-0.2, -0.15) is 5.10 Å². The third-order valence-corrected chi connectivity index (χ3v) is 4.58. The van der Waals surface area contributed by atoms with Gasteiger partial charge in [0.05, 0.1) is 12.2 Å². The lowest BCUT2D eigenvalue weighted by Gasteiger charge is -2.32. The summed E-state index contributed by atoms with van der Waals surface area (Å²) in [6.45, 7) is 3.41. The van der Waals surface area contributed by atoms with Gasteiger partial charge in [-0.1, -0.05) is 35.5 Å². The van der Waals surface area contributed by atoms with Crippen LogP contribution in [0.4, 0.5) is 0 Å². The van der Waals surface area contributed by atoms with Gasteiger partial charge in [0.2, 0.25) is 0 Å². The summed E-state index contributed by atoms with van der Waals surface area (Å²) < 4.78 is 7.33. The maximum absolute atomic E-state index is 12.8. The summed E-state index contributed by atoms with van der Waals surface area (Å²) in [7, 11) is 0. The number of carbonyl (C=O) groups excluding carboxylic acids is 1. The molecule has 1 aliphatic heterocycles. The molecule has 0 N–H and O–H groups in total. The van der Waals surface area contributed by atoms with Gasteiger partial charge in [-0.05, 0) is 25.3 Å². The third kappa shape index (κ3) is 3.20. The van der Waals surface area contributed by atoms with Crippen LogP contribution in [0.15, 0.2) is 53.3 Å². The van der Waals surface area contributed by atoms with Crippen LogP contribution in [0.1, 0.15) is 34.9 Å². The van der Waals surface area contributed by atoms with Gasteiger partial charge < -0.3 is 9.42 Å². The Kier molecular flexibility index (Phi) is 4.09. The van der Waals surface area contributed by atoms with E-state index in [4.69, 9.17) is 4.52 Å². The second-order valence-corrected chi connectivity index (χ2v) is 6.49. The predicted molar refractivity (Wildman–Crippen MR) is 93.1 cm³/mol. The van der Waals surface area contributed by atoms with Gasteiger partial charge >= 0.3 is 0 Å². The smallest absolute Gasteiger partial charge is 0.276 e. The molecule has 0 radical (unpaired) electrons. The number of amides is 1. The molecule has 1 aliphatic rings. The number of hydrogen-bond donors (Lipinski definition) is 0. The van der Waals surface area contributed by atoms with E-state index in [1.807, 2.05) is 59.2 Å². The number of aromatic nitrogens is 3. The minimum absolute atomic E-state index is 0.0838. The van der Waals surface area contributed by atoms with E-state index in [1.165, 1.54) is 0 Å². The minimum Gasteiger partial charge on any atom is -0.355 e. The maximum Gasteiger partial charge on any atom is 0.276 e. The number of benzene rings is 1. The molecule has 1 unspecified atom stereocenters. The first-order chi connectivity index (χ1) is 12.2. The lowest BCUT2D eigenvalue weighted by molar-refractivity contribution is 0.0662. The summed E-state index contributed by atoms with van der Waals surface area (Å²) in [6, 6.07) is 11.6. The number of piperidine rings is 1. The fourth-order valence-corrected chi connectivity index (χ4v) is 3.26. The standard InChI is InChI=1S/C19H20N4O2/c1-14-11-20-23(12-14)16-8-5-9-22(13-16)19(24)17-10-18(25-21-17)15-6-3-2-4-7-15/h2-4,6-7,10-12,16H,5,8-9,13H2,1H3. The molecule has 1 amide bonds. The van der Waals surface area contributed by atoms with Gasteiger partial charge in [0.1, 0.15) is 0 Å². The fourth-order valence-electron chi connectivity index (χ4n) is 3.26. The molecular formula is C19H20N4O2. The Labute approximate surface area is 146 Å². The lowest BCUT2D eigenvalue weighted by atomic mass is 10.1. The third-order valence-electron chi connectivity index (χ3n) is 4.58. The van der Waals surface area contributed by atoms with Crippen LogP contribution in [0.2, 0.25) is 0 Å². The molecule has 0 spiro atoms. The van der Waals surface area contributed by atoms with Gasteiger partial charge in [0.25, 0.3) is 5.91 Å². The quantitative estimate of drug-likeness (QED) is 0.736. The first-order valence-corrected chi connectivity index (χ1v) is 8.53. The van der Waals surface area contributed by atoms with E-state index in [0.29, 0.717) is 18.0 Å². The van der Waals surface area contributed by atoms with E-state index in [2.05, 4.69) is 10.3 Å². The van der Waals surface area contributed by atoms with Crippen LogP contribution in [0, 0.1) is 6.92 Å². The zero-order valence-electron chi connectivity index (χ0n) is 14.1. The second-order valence-electron chi connectivity index (χ2n) is 6.49. The molecule has 1 aromatic carbocycles. The molecule has 6 heteroatoms. The zero-order chi connectivity index (χ0) is 17.2. The van der Waals surface area contributed by atoms with Gasteiger partial charge in [-0.3, -0.25) is 9.48 Å².